The van der Waals surface area contributed by atoms with Gasteiger partial charge in [-0.15, -0.1) is 0 Å². The maximum absolute atomic E-state index is 8.75. The van der Waals surface area contributed by atoms with E-state index in [4.69, 9.17) is 11.0 Å². The van der Waals surface area contributed by atoms with Gasteiger partial charge in [-0.05, 0) is 24.6 Å². The zero-order chi connectivity index (χ0) is 12.4. The molecule has 1 heterocycles. The first-order chi connectivity index (χ1) is 8.11. The van der Waals surface area contributed by atoms with Crippen LogP contribution in [-0.4, -0.2) is 9.97 Å². The maximum atomic E-state index is 8.75. The van der Waals surface area contributed by atoms with Gasteiger partial charge in [-0.2, -0.15) is 5.26 Å². The van der Waals surface area contributed by atoms with Gasteiger partial charge in [0.15, 0.2) is 5.82 Å². The van der Waals surface area contributed by atoms with Gasteiger partial charge in [-0.3, -0.25) is 0 Å². The van der Waals surface area contributed by atoms with E-state index in [1.807, 2.05) is 31.2 Å². The molecule has 5 heteroatoms. The van der Waals surface area contributed by atoms with E-state index in [9.17, 15) is 0 Å². The first-order valence-electron chi connectivity index (χ1n) is 4.91. The molecule has 0 bridgehead atoms. The Kier molecular flexibility index (Phi) is 3.07. The normalized spacial score (nSPS) is 9.94. The van der Waals surface area contributed by atoms with Crippen molar-refractivity contribution in [1.82, 2.24) is 9.97 Å². The van der Waals surface area contributed by atoms with Gasteiger partial charge in [-0.1, -0.05) is 22.0 Å². The highest BCUT2D eigenvalue weighted by Gasteiger charge is 2.08. The topological polar surface area (TPSA) is 75.6 Å². The number of nitrogens with zero attached hydrogens (tertiary/aromatic N) is 3. The lowest BCUT2D eigenvalue weighted by Gasteiger charge is -2.05. The molecule has 0 saturated heterocycles. The van der Waals surface area contributed by atoms with Crippen LogP contribution in [0, 0.1) is 18.3 Å². The Bertz CT molecular complexity index is 616. The van der Waals surface area contributed by atoms with Gasteiger partial charge >= 0.3 is 0 Å². The van der Waals surface area contributed by atoms with Gasteiger partial charge < -0.3 is 5.73 Å². The van der Waals surface area contributed by atoms with E-state index < -0.39 is 0 Å². The number of aryl methyl sites for hydroxylation is 1. The summed E-state index contributed by atoms with van der Waals surface area (Å²) in [6.07, 6.45) is 1.43. The van der Waals surface area contributed by atoms with Crippen LogP contribution in [0.2, 0.25) is 0 Å². The zero-order valence-corrected chi connectivity index (χ0v) is 10.7. The van der Waals surface area contributed by atoms with Crippen molar-refractivity contribution < 1.29 is 0 Å². The fourth-order valence-corrected chi connectivity index (χ4v) is 2.08. The van der Waals surface area contributed by atoms with Crippen LogP contribution in [0.4, 0.5) is 5.82 Å². The molecule has 2 N–H and O–H groups in total. The number of rotatable bonds is 1. The predicted octanol–water partition coefficient (Wildman–Crippen LogP) is 2.67. The Balaban J connectivity index is 2.54. The second-order valence-corrected chi connectivity index (χ2v) is 4.44. The molecule has 4 nitrogen and oxygen atoms in total. The lowest BCUT2D eigenvalue weighted by Crippen LogP contribution is -1.99. The first kappa shape index (κ1) is 11.6. The molecule has 1 aromatic carbocycles. The second kappa shape index (κ2) is 4.52. The SMILES string of the molecule is Cc1ccc(-c2ncc(C#N)c(N)n2)c(Br)c1. The molecular weight excluding hydrogens is 280 g/mol. The summed E-state index contributed by atoms with van der Waals surface area (Å²) in [5, 5.41) is 8.75. The minimum atomic E-state index is 0.199. The number of halogens is 1. The molecular formula is C12H9BrN4. The van der Waals surface area contributed by atoms with E-state index in [1.54, 1.807) is 0 Å². The van der Waals surface area contributed by atoms with Crippen molar-refractivity contribution in [3.05, 3.63) is 40.0 Å². The van der Waals surface area contributed by atoms with Gasteiger partial charge in [0.1, 0.15) is 17.5 Å². The standard InChI is InChI=1S/C12H9BrN4/c1-7-2-3-9(10(13)4-7)12-16-6-8(5-14)11(15)17-12/h2-4,6H,1H3,(H2,15,16,17). The molecule has 0 radical (unpaired) electrons. The molecule has 0 aliphatic heterocycles. The second-order valence-electron chi connectivity index (χ2n) is 3.59. The van der Waals surface area contributed by atoms with E-state index in [2.05, 4.69) is 25.9 Å². The van der Waals surface area contributed by atoms with Crippen LogP contribution in [-0.2, 0) is 0 Å². The van der Waals surface area contributed by atoms with E-state index in [1.165, 1.54) is 6.20 Å². The van der Waals surface area contributed by atoms with Crippen molar-refractivity contribution in [2.24, 2.45) is 0 Å². The number of benzene rings is 1. The molecule has 0 atom stereocenters. The van der Waals surface area contributed by atoms with Crippen LogP contribution >= 0.6 is 15.9 Å². The summed E-state index contributed by atoms with van der Waals surface area (Å²) in [6, 6.07) is 7.80. The Morgan fingerprint density at radius 2 is 2.18 bits per heavy atom. The Morgan fingerprint density at radius 3 is 2.76 bits per heavy atom. The van der Waals surface area contributed by atoms with E-state index in [-0.39, 0.29) is 11.4 Å². The summed E-state index contributed by atoms with van der Waals surface area (Å²) in [7, 11) is 0. The average molecular weight is 289 g/mol. The molecule has 1 aromatic heterocycles. The van der Waals surface area contributed by atoms with Crippen molar-refractivity contribution in [3.8, 4) is 17.5 Å². The van der Waals surface area contributed by atoms with E-state index >= 15 is 0 Å². The minimum Gasteiger partial charge on any atom is -0.382 e. The van der Waals surface area contributed by atoms with Crippen molar-refractivity contribution in [2.45, 2.75) is 6.92 Å². The molecule has 0 unspecified atom stereocenters. The van der Waals surface area contributed by atoms with Gasteiger partial charge in [0.2, 0.25) is 0 Å². The van der Waals surface area contributed by atoms with Crippen molar-refractivity contribution in [2.75, 3.05) is 5.73 Å². The van der Waals surface area contributed by atoms with Crippen LogP contribution in [0.3, 0.4) is 0 Å². The van der Waals surface area contributed by atoms with Crippen molar-refractivity contribution >= 4 is 21.7 Å². The lowest BCUT2D eigenvalue weighted by atomic mass is 10.1. The summed E-state index contributed by atoms with van der Waals surface area (Å²) in [5.74, 6) is 0.707. The molecule has 2 aromatic rings. The van der Waals surface area contributed by atoms with Gasteiger partial charge in [0.05, 0.1) is 6.20 Å². The third kappa shape index (κ3) is 2.27. The molecule has 17 heavy (non-hydrogen) atoms. The van der Waals surface area contributed by atoms with Crippen molar-refractivity contribution in [1.29, 1.82) is 5.26 Å². The summed E-state index contributed by atoms with van der Waals surface area (Å²) >= 11 is 3.46. The quantitative estimate of drug-likeness (QED) is 0.875. The number of nitriles is 1. The fourth-order valence-electron chi connectivity index (χ4n) is 1.41. The highest BCUT2D eigenvalue weighted by molar-refractivity contribution is 9.10. The molecule has 84 valence electrons. The Morgan fingerprint density at radius 1 is 1.41 bits per heavy atom. The zero-order valence-electron chi connectivity index (χ0n) is 9.11. The van der Waals surface area contributed by atoms with Crippen LogP contribution in [0.15, 0.2) is 28.9 Å². The van der Waals surface area contributed by atoms with Gasteiger partial charge in [-0.25, -0.2) is 9.97 Å². The molecule has 0 fully saturated rings. The van der Waals surface area contributed by atoms with Crippen LogP contribution in [0.5, 0.6) is 0 Å². The van der Waals surface area contributed by atoms with Crippen LogP contribution in [0.1, 0.15) is 11.1 Å². The summed E-state index contributed by atoms with van der Waals surface area (Å²) in [5.41, 5.74) is 7.94. The maximum Gasteiger partial charge on any atom is 0.162 e. The third-order valence-corrected chi connectivity index (χ3v) is 2.96. The Labute approximate surface area is 107 Å². The van der Waals surface area contributed by atoms with Crippen molar-refractivity contribution in [3.63, 3.8) is 0 Å². The predicted molar refractivity (Wildman–Crippen MR) is 69.0 cm³/mol. The molecule has 2 rings (SSSR count). The van der Waals surface area contributed by atoms with E-state index in [0.717, 1.165) is 15.6 Å². The van der Waals surface area contributed by atoms with Gasteiger partial charge in [0, 0.05) is 10.0 Å². The monoisotopic (exact) mass is 288 g/mol. The third-order valence-electron chi connectivity index (χ3n) is 2.30. The van der Waals surface area contributed by atoms with Gasteiger partial charge in [0.25, 0.3) is 0 Å². The average Bonchev–Trinajstić information content (AvgIpc) is 2.29. The number of anilines is 1. The number of aromatic nitrogens is 2. The molecule has 0 spiro atoms. The fraction of sp³-hybridized carbons (Fsp3) is 0.0833. The minimum absolute atomic E-state index is 0.199. The highest BCUT2D eigenvalue weighted by Crippen LogP contribution is 2.27. The smallest absolute Gasteiger partial charge is 0.162 e. The summed E-state index contributed by atoms with van der Waals surface area (Å²) < 4.78 is 0.904. The molecule has 0 aliphatic rings. The number of hydrogen-bond acceptors (Lipinski definition) is 4. The largest absolute Gasteiger partial charge is 0.382 e. The lowest BCUT2D eigenvalue weighted by molar-refractivity contribution is 1.16. The number of hydrogen-bond donors (Lipinski definition) is 1. The number of nitrogens with two attached hydrogens (primary N) is 1. The van der Waals surface area contributed by atoms with Crippen LogP contribution < -0.4 is 5.73 Å². The van der Waals surface area contributed by atoms with E-state index in [0.29, 0.717) is 5.82 Å². The molecule has 0 saturated carbocycles. The highest BCUT2D eigenvalue weighted by atomic mass is 79.9. The number of nitrogen functional groups attached to an aromatic ring is 1. The van der Waals surface area contributed by atoms with Crippen LogP contribution in [0.25, 0.3) is 11.4 Å². The summed E-state index contributed by atoms with van der Waals surface area (Å²) in [4.78, 5) is 8.25. The molecule has 0 aliphatic carbocycles. The Hall–Kier alpha value is -1.93. The molecule has 0 amide bonds. The summed E-state index contributed by atoms with van der Waals surface area (Å²) in [6.45, 7) is 2.00. The first-order valence-corrected chi connectivity index (χ1v) is 5.70.